The van der Waals surface area contributed by atoms with E-state index in [-0.39, 0.29) is 21.9 Å². The minimum Gasteiger partial charge on any atom is -0.372 e. The number of hydrogen-bond acceptors (Lipinski definition) is 4. The number of nitrogens with one attached hydrogen (secondary N) is 1. The molecule has 0 aliphatic rings. The summed E-state index contributed by atoms with van der Waals surface area (Å²) < 4.78 is 28.4. The van der Waals surface area contributed by atoms with Gasteiger partial charge >= 0.3 is 0 Å². The van der Waals surface area contributed by atoms with Crippen molar-refractivity contribution in [3.63, 3.8) is 0 Å². The van der Waals surface area contributed by atoms with Crippen molar-refractivity contribution in [2.24, 2.45) is 0 Å². The highest BCUT2D eigenvalue weighted by Crippen LogP contribution is 2.27. The zero-order chi connectivity index (χ0) is 21.7. The lowest BCUT2D eigenvalue weighted by Crippen LogP contribution is -2.22. The maximum Gasteiger partial charge on any atom is 0.261 e. The normalized spacial score (nSPS) is 11.2. The van der Waals surface area contributed by atoms with E-state index < -0.39 is 10.0 Å². The number of sulfonamides is 1. The van der Waals surface area contributed by atoms with Crippen LogP contribution in [-0.4, -0.2) is 27.3 Å². The Hall–Kier alpha value is -2.83. The fourth-order valence-corrected chi connectivity index (χ4v) is 4.42. The summed E-state index contributed by atoms with van der Waals surface area (Å²) in [6, 6.07) is 19.8. The van der Waals surface area contributed by atoms with Crippen LogP contribution in [-0.2, 0) is 10.0 Å². The molecule has 0 saturated heterocycles. The number of ketones is 1. The maximum absolute atomic E-state index is 12.9. The molecule has 3 rings (SSSR count). The zero-order valence-electron chi connectivity index (χ0n) is 16.8. The lowest BCUT2D eigenvalue weighted by Gasteiger charge is -2.21. The van der Waals surface area contributed by atoms with Crippen LogP contribution in [0.4, 0.5) is 11.4 Å². The minimum absolute atomic E-state index is 0.117. The van der Waals surface area contributed by atoms with Gasteiger partial charge < -0.3 is 4.90 Å². The molecule has 1 N–H and O–H groups in total. The van der Waals surface area contributed by atoms with Crippen molar-refractivity contribution in [1.82, 2.24) is 0 Å². The third kappa shape index (κ3) is 4.83. The number of carbonyl (C=O) groups excluding carboxylic acids is 1. The number of rotatable bonds is 8. The van der Waals surface area contributed by atoms with Crippen molar-refractivity contribution in [2.45, 2.75) is 18.7 Å². The average molecular weight is 443 g/mol. The van der Waals surface area contributed by atoms with Gasteiger partial charge in [0.25, 0.3) is 10.0 Å². The van der Waals surface area contributed by atoms with Gasteiger partial charge in [0.2, 0.25) is 0 Å². The van der Waals surface area contributed by atoms with Crippen molar-refractivity contribution in [1.29, 1.82) is 0 Å². The number of halogens is 1. The Balaban J connectivity index is 1.93. The van der Waals surface area contributed by atoms with E-state index in [1.807, 2.05) is 13.8 Å². The van der Waals surface area contributed by atoms with Crippen LogP contribution in [0, 0.1) is 0 Å². The van der Waals surface area contributed by atoms with Gasteiger partial charge in [-0.15, -0.1) is 0 Å². The van der Waals surface area contributed by atoms with Crippen LogP contribution < -0.4 is 9.62 Å². The van der Waals surface area contributed by atoms with Gasteiger partial charge in [-0.3, -0.25) is 9.52 Å². The molecule has 156 valence electrons. The number of benzene rings is 3. The van der Waals surface area contributed by atoms with Crippen molar-refractivity contribution < 1.29 is 13.2 Å². The molecule has 0 atom stereocenters. The second kappa shape index (κ2) is 9.32. The lowest BCUT2D eigenvalue weighted by atomic mass is 10.0. The number of anilines is 2. The van der Waals surface area contributed by atoms with E-state index in [4.69, 9.17) is 11.6 Å². The first-order valence-electron chi connectivity index (χ1n) is 9.63. The third-order valence-corrected chi connectivity index (χ3v) is 6.40. The van der Waals surface area contributed by atoms with Crippen molar-refractivity contribution in [3.05, 3.63) is 88.9 Å². The largest absolute Gasteiger partial charge is 0.372 e. The Kier molecular flexibility index (Phi) is 6.80. The van der Waals surface area contributed by atoms with Gasteiger partial charge in [0.15, 0.2) is 5.78 Å². The molecule has 0 heterocycles. The van der Waals surface area contributed by atoms with Crippen LogP contribution in [0.1, 0.15) is 29.8 Å². The standard InChI is InChI=1S/C23H23ClN2O3S/c1-3-26(4-2)19-11-13-20(14-12-19)30(28,29)25-22-15-10-18(24)16-21(22)23(27)17-8-6-5-7-9-17/h5-16,25H,3-4H2,1-2H3. The highest BCUT2D eigenvalue weighted by Gasteiger charge is 2.20. The van der Waals surface area contributed by atoms with Crippen LogP contribution in [0.2, 0.25) is 5.02 Å². The molecular formula is C23H23ClN2O3S. The quantitative estimate of drug-likeness (QED) is 0.486. The second-order valence-corrected chi connectivity index (χ2v) is 8.78. The van der Waals surface area contributed by atoms with E-state index >= 15 is 0 Å². The summed E-state index contributed by atoms with van der Waals surface area (Å²) in [6.45, 7) is 5.75. The molecule has 0 saturated carbocycles. The molecule has 0 bridgehead atoms. The zero-order valence-corrected chi connectivity index (χ0v) is 18.4. The summed E-state index contributed by atoms with van der Waals surface area (Å²) in [5, 5.41) is 0.348. The van der Waals surface area contributed by atoms with Gasteiger partial charge in [-0.2, -0.15) is 0 Å². The molecule has 5 nitrogen and oxygen atoms in total. The maximum atomic E-state index is 12.9. The summed E-state index contributed by atoms with van der Waals surface area (Å²) in [7, 11) is -3.88. The number of carbonyl (C=O) groups is 1. The SMILES string of the molecule is CCN(CC)c1ccc(S(=O)(=O)Nc2ccc(Cl)cc2C(=O)c2ccccc2)cc1. The van der Waals surface area contributed by atoms with Crippen molar-refractivity contribution in [2.75, 3.05) is 22.7 Å². The molecule has 7 heteroatoms. The molecule has 0 aliphatic heterocycles. The van der Waals surface area contributed by atoms with Crippen LogP contribution in [0.15, 0.2) is 77.7 Å². The van der Waals surface area contributed by atoms with Crippen LogP contribution in [0.3, 0.4) is 0 Å². The first kappa shape index (κ1) is 21.9. The van der Waals surface area contributed by atoms with E-state index in [1.54, 1.807) is 60.7 Å². The van der Waals surface area contributed by atoms with E-state index in [2.05, 4.69) is 9.62 Å². The molecule has 0 unspecified atom stereocenters. The van der Waals surface area contributed by atoms with Crippen molar-refractivity contribution >= 4 is 38.8 Å². The highest BCUT2D eigenvalue weighted by atomic mass is 35.5. The van der Waals surface area contributed by atoms with Gasteiger partial charge in [-0.25, -0.2) is 8.42 Å². The Morgan fingerprint density at radius 1 is 0.933 bits per heavy atom. The predicted molar refractivity (Wildman–Crippen MR) is 122 cm³/mol. The predicted octanol–water partition coefficient (Wildman–Crippen LogP) is 5.22. The van der Waals surface area contributed by atoms with Crippen LogP contribution in [0.5, 0.6) is 0 Å². The smallest absolute Gasteiger partial charge is 0.261 e. The van der Waals surface area contributed by atoms with E-state index in [0.29, 0.717) is 10.6 Å². The van der Waals surface area contributed by atoms with Crippen molar-refractivity contribution in [3.8, 4) is 0 Å². The van der Waals surface area contributed by atoms with Gasteiger partial charge in [-0.1, -0.05) is 41.9 Å². The van der Waals surface area contributed by atoms with Gasteiger partial charge in [-0.05, 0) is 56.3 Å². The Bertz CT molecular complexity index is 1130. The molecule has 0 amide bonds. The van der Waals surface area contributed by atoms with E-state index in [0.717, 1.165) is 18.8 Å². The molecule has 0 aromatic heterocycles. The van der Waals surface area contributed by atoms with Gasteiger partial charge in [0.05, 0.1) is 10.6 Å². The summed E-state index contributed by atoms with van der Waals surface area (Å²) >= 11 is 6.08. The average Bonchev–Trinajstić information content (AvgIpc) is 2.76. The summed E-state index contributed by atoms with van der Waals surface area (Å²) in [4.78, 5) is 15.2. The van der Waals surface area contributed by atoms with E-state index in [9.17, 15) is 13.2 Å². The number of nitrogens with zero attached hydrogens (tertiary/aromatic N) is 1. The van der Waals surface area contributed by atoms with Crippen LogP contribution >= 0.6 is 11.6 Å². The first-order chi connectivity index (χ1) is 14.4. The summed E-state index contributed by atoms with van der Waals surface area (Å²) in [5.74, 6) is -0.312. The Labute approximate surface area is 182 Å². The van der Waals surface area contributed by atoms with Crippen LogP contribution in [0.25, 0.3) is 0 Å². The Morgan fingerprint density at radius 3 is 2.17 bits per heavy atom. The Morgan fingerprint density at radius 2 is 1.57 bits per heavy atom. The molecular weight excluding hydrogens is 420 g/mol. The van der Waals surface area contributed by atoms with Gasteiger partial charge in [0.1, 0.15) is 0 Å². The molecule has 0 aliphatic carbocycles. The van der Waals surface area contributed by atoms with Gasteiger partial charge in [0, 0.05) is 34.9 Å². The summed E-state index contributed by atoms with van der Waals surface area (Å²) in [6.07, 6.45) is 0. The second-order valence-electron chi connectivity index (χ2n) is 6.66. The van der Waals surface area contributed by atoms with E-state index in [1.165, 1.54) is 12.1 Å². The fraction of sp³-hybridized carbons (Fsp3) is 0.174. The molecule has 3 aromatic rings. The molecule has 3 aromatic carbocycles. The lowest BCUT2D eigenvalue weighted by molar-refractivity contribution is 0.103. The fourth-order valence-electron chi connectivity index (χ4n) is 3.17. The molecule has 0 radical (unpaired) electrons. The first-order valence-corrected chi connectivity index (χ1v) is 11.5. The monoisotopic (exact) mass is 442 g/mol. The summed E-state index contributed by atoms with van der Waals surface area (Å²) in [5.41, 5.74) is 1.77. The highest BCUT2D eigenvalue weighted by molar-refractivity contribution is 7.92. The molecule has 0 fully saturated rings. The molecule has 0 spiro atoms. The third-order valence-electron chi connectivity index (χ3n) is 4.78. The number of hydrogen-bond donors (Lipinski definition) is 1. The topological polar surface area (TPSA) is 66.5 Å². The molecule has 30 heavy (non-hydrogen) atoms. The minimum atomic E-state index is -3.88.